The number of carbonyl (C=O) groups excluding carboxylic acids is 1. The summed E-state index contributed by atoms with van der Waals surface area (Å²) < 4.78 is 20.7. The van der Waals surface area contributed by atoms with Gasteiger partial charge in [0.25, 0.3) is 0 Å². The van der Waals surface area contributed by atoms with Gasteiger partial charge < -0.3 is 9.64 Å². The molecule has 4 rings (SSSR count). The highest BCUT2D eigenvalue weighted by atomic mass is 32.1. The number of benzene rings is 1. The van der Waals surface area contributed by atoms with E-state index < -0.39 is 0 Å². The Morgan fingerprint density at radius 3 is 2.57 bits per heavy atom. The molecule has 3 aromatic rings. The van der Waals surface area contributed by atoms with Crippen LogP contribution in [-0.2, 0) is 21.5 Å². The molecule has 0 atom stereocenters. The average molecular weight is 429 g/mol. The highest BCUT2D eigenvalue weighted by Gasteiger charge is 2.25. The minimum atomic E-state index is -0.278. The largest absolute Gasteiger partial charge is 0.378 e. The summed E-state index contributed by atoms with van der Waals surface area (Å²) in [6, 6.07) is 6.42. The van der Waals surface area contributed by atoms with Gasteiger partial charge in [-0.15, -0.1) is 11.3 Å². The molecule has 158 valence electrons. The Bertz CT molecular complexity index is 1030. The van der Waals surface area contributed by atoms with Gasteiger partial charge in [-0.2, -0.15) is 5.10 Å². The average Bonchev–Trinajstić information content (AvgIpc) is 3.36. The standard InChI is InChI=1S/C22H25FN4O2S/c1-22(2,3)27-20(15-4-6-16(23)7-5-15)18(13-24-27)21-25-17(14-30-21)12-19(28)26-8-10-29-11-9-26/h4-7,13-14H,8-12H2,1-3H3. The molecule has 2 aromatic heterocycles. The second-order valence-electron chi connectivity index (χ2n) is 8.31. The molecule has 0 bridgehead atoms. The Morgan fingerprint density at radius 1 is 1.20 bits per heavy atom. The third-order valence-corrected chi connectivity index (χ3v) is 5.92. The molecule has 30 heavy (non-hydrogen) atoms. The molecule has 1 amide bonds. The van der Waals surface area contributed by atoms with E-state index in [4.69, 9.17) is 9.72 Å². The predicted octanol–water partition coefficient (Wildman–Crippen LogP) is 3.97. The maximum absolute atomic E-state index is 13.5. The van der Waals surface area contributed by atoms with Gasteiger partial charge in [-0.1, -0.05) is 0 Å². The number of morpholine rings is 1. The first-order chi connectivity index (χ1) is 14.3. The Hall–Kier alpha value is -2.58. The highest BCUT2D eigenvalue weighted by molar-refractivity contribution is 7.13. The molecule has 1 aromatic carbocycles. The molecule has 0 spiro atoms. The van der Waals surface area contributed by atoms with Gasteiger partial charge >= 0.3 is 0 Å². The summed E-state index contributed by atoms with van der Waals surface area (Å²) in [7, 11) is 0. The lowest BCUT2D eigenvalue weighted by Crippen LogP contribution is -2.41. The second-order valence-corrected chi connectivity index (χ2v) is 9.17. The number of rotatable bonds is 4. The normalized spacial score (nSPS) is 14.9. The van der Waals surface area contributed by atoms with E-state index in [1.165, 1.54) is 23.5 Å². The first-order valence-corrected chi connectivity index (χ1v) is 10.9. The van der Waals surface area contributed by atoms with Crippen LogP contribution in [-0.4, -0.2) is 51.9 Å². The van der Waals surface area contributed by atoms with Crippen LogP contribution in [0.4, 0.5) is 4.39 Å². The van der Waals surface area contributed by atoms with Gasteiger partial charge in [0.15, 0.2) is 0 Å². The second kappa shape index (κ2) is 8.28. The number of carbonyl (C=O) groups is 1. The van der Waals surface area contributed by atoms with Gasteiger partial charge in [0, 0.05) is 24.0 Å². The summed E-state index contributed by atoms with van der Waals surface area (Å²) >= 11 is 1.49. The van der Waals surface area contributed by atoms with E-state index in [0.717, 1.165) is 27.5 Å². The first-order valence-electron chi connectivity index (χ1n) is 9.97. The Morgan fingerprint density at radius 2 is 1.90 bits per heavy atom. The van der Waals surface area contributed by atoms with Crippen molar-refractivity contribution in [3.8, 4) is 21.8 Å². The van der Waals surface area contributed by atoms with Crippen LogP contribution in [0.25, 0.3) is 21.8 Å². The summed E-state index contributed by atoms with van der Waals surface area (Å²) in [6.45, 7) is 8.65. The molecule has 1 aliphatic rings. The molecule has 1 saturated heterocycles. The number of hydrogen-bond acceptors (Lipinski definition) is 5. The minimum absolute atomic E-state index is 0.0688. The van der Waals surface area contributed by atoms with Crippen molar-refractivity contribution in [1.29, 1.82) is 0 Å². The van der Waals surface area contributed by atoms with Crippen molar-refractivity contribution in [1.82, 2.24) is 19.7 Å². The van der Waals surface area contributed by atoms with Crippen LogP contribution in [0.5, 0.6) is 0 Å². The Labute approximate surface area is 179 Å². The molecule has 0 N–H and O–H groups in total. The molecule has 0 radical (unpaired) electrons. The van der Waals surface area contributed by atoms with Gasteiger partial charge in [0.1, 0.15) is 10.8 Å². The summed E-state index contributed by atoms with van der Waals surface area (Å²) in [5.74, 6) is -0.209. The van der Waals surface area contributed by atoms with Crippen molar-refractivity contribution < 1.29 is 13.9 Å². The number of thiazole rings is 1. The number of ether oxygens (including phenoxy) is 1. The van der Waals surface area contributed by atoms with Crippen LogP contribution in [0, 0.1) is 5.82 Å². The molecule has 6 nitrogen and oxygen atoms in total. The van der Waals surface area contributed by atoms with Crippen LogP contribution < -0.4 is 0 Å². The number of halogens is 1. The molecule has 1 aliphatic heterocycles. The fourth-order valence-corrected chi connectivity index (χ4v) is 4.32. The van der Waals surface area contributed by atoms with Crippen LogP contribution >= 0.6 is 11.3 Å². The number of hydrogen-bond donors (Lipinski definition) is 0. The zero-order valence-electron chi connectivity index (χ0n) is 17.4. The van der Waals surface area contributed by atoms with Gasteiger partial charge in [0.05, 0.1) is 48.3 Å². The molecule has 1 fully saturated rings. The van der Waals surface area contributed by atoms with Crippen molar-refractivity contribution in [2.45, 2.75) is 32.7 Å². The molecular formula is C22H25FN4O2S. The molecular weight excluding hydrogens is 403 g/mol. The zero-order chi connectivity index (χ0) is 21.3. The van der Waals surface area contributed by atoms with E-state index in [1.54, 1.807) is 18.3 Å². The third kappa shape index (κ3) is 4.29. The van der Waals surface area contributed by atoms with Crippen LogP contribution in [0.3, 0.4) is 0 Å². The van der Waals surface area contributed by atoms with E-state index in [9.17, 15) is 9.18 Å². The summed E-state index contributed by atoms with van der Waals surface area (Å²) in [5.41, 5.74) is 3.14. The molecule has 0 aliphatic carbocycles. The van der Waals surface area contributed by atoms with E-state index in [1.807, 2.05) is 15.0 Å². The first kappa shape index (κ1) is 20.7. The third-order valence-electron chi connectivity index (χ3n) is 5.00. The van der Waals surface area contributed by atoms with Crippen LogP contribution in [0.15, 0.2) is 35.8 Å². The zero-order valence-corrected chi connectivity index (χ0v) is 18.2. The lowest BCUT2D eigenvalue weighted by Gasteiger charge is -2.26. The van der Waals surface area contributed by atoms with Crippen molar-refractivity contribution in [3.63, 3.8) is 0 Å². The van der Waals surface area contributed by atoms with Crippen molar-refractivity contribution >= 4 is 17.2 Å². The van der Waals surface area contributed by atoms with Gasteiger partial charge in [-0.05, 0) is 45.0 Å². The Balaban J connectivity index is 1.65. The van der Waals surface area contributed by atoms with E-state index in [0.29, 0.717) is 26.3 Å². The van der Waals surface area contributed by atoms with E-state index in [2.05, 4.69) is 25.9 Å². The Kier molecular flexibility index (Phi) is 5.71. The summed E-state index contributed by atoms with van der Waals surface area (Å²) in [4.78, 5) is 19.1. The fraction of sp³-hybridized carbons (Fsp3) is 0.409. The number of aromatic nitrogens is 3. The highest BCUT2D eigenvalue weighted by Crippen LogP contribution is 2.36. The lowest BCUT2D eigenvalue weighted by molar-refractivity contribution is -0.134. The van der Waals surface area contributed by atoms with Gasteiger partial charge in [-0.3, -0.25) is 9.48 Å². The molecule has 3 heterocycles. The van der Waals surface area contributed by atoms with Crippen LogP contribution in [0.1, 0.15) is 26.5 Å². The molecule has 0 saturated carbocycles. The van der Waals surface area contributed by atoms with Crippen LogP contribution in [0.2, 0.25) is 0 Å². The van der Waals surface area contributed by atoms with Crippen molar-refractivity contribution in [3.05, 3.63) is 47.4 Å². The van der Waals surface area contributed by atoms with E-state index >= 15 is 0 Å². The molecule has 0 unspecified atom stereocenters. The lowest BCUT2D eigenvalue weighted by atomic mass is 10.0. The van der Waals surface area contributed by atoms with E-state index in [-0.39, 0.29) is 23.7 Å². The molecule has 8 heteroatoms. The minimum Gasteiger partial charge on any atom is -0.378 e. The fourth-order valence-electron chi connectivity index (χ4n) is 3.49. The van der Waals surface area contributed by atoms with Crippen molar-refractivity contribution in [2.75, 3.05) is 26.3 Å². The summed E-state index contributed by atoms with van der Waals surface area (Å²) in [5, 5.41) is 7.33. The quantitative estimate of drug-likeness (QED) is 0.631. The van der Waals surface area contributed by atoms with Gasteiger partial charge in [0.2, 0.25) is 5.91 Å². The SMILES string of the molecule is CC(C)(C)n1ncc(-c2nc(CC(=O)N3CCOCC3)cs2)c1-c1ccc(F)cc1. The topological polar surface area (TPSA) is 60.2 Å². The van der Waals surface area contributed by atoms with Crippen molar-refractivity contribution in [2.24, 2.45) is 0 Å². The smallest absolute Gasteiger partial charge is 0.228 e. The number of amides is 1. The monoisotopic (exact) mass is 428 g/mol. The maximum Gasteiger partial charge on any atom is 0.228 e. The predicted molar refractivity (Wildman–Crippen MR) is 115 cm³/mol. The van der Waals surface area contributed by atoms with Gasteiger partial charge in [-0.25, -0.2) is 9.37 Å². The maximum atomic E-state index is 13.5. The summed E-state index contributed by atoms with van der Waals surface area (Å²) in [6.07, 6.45) is 2.08. The number of nitrogens with zero attached hydrogens (tertiary/aromatic N) is 4.